The molecule has 50 valence electrons. The second kappa shape index (κ2) is 2.50. The molecule has 0 amide bonds. The number of aliphatic hydroxyl groups is 1. The Labute approximate surface area is 51.7 Å². The van der Waals surface area contributed by atoms with Crippen LogP contribution in [0.3, 0.4) is 0 Å². The number of hydrogen-bond donors (Lipinski definition) is 1. The van der Waals surface area contributed by atoms with Crippen molar-refractivity contribution in [2.24, 2.45) is 0 Å². The quantitative estimate of drug-likeness (QED) is 0.509. The highest BCUT2D eigenvalue weighted by Gasteiger charge is 2.17. The molecule has 0 aromatic heterocycles. The van der Waals surface area contributed by atoms with Gasteiger partial charge in [-0.3, -0.25) is 0 Å². The lowest BCUT2D eigenvalue weighted by molar-refractivity contribution is 0.136. The van der Waals surface area contributed by atoms with Crippen LogP contribution in [0.5, 0.6) is 0 Å². The highest BCUT2D eigenvalue weighted by atomic mass is 16.8. The Bertz CT molecular complexity index is 149. The maximum Gasteiger partial charge on any atom is 0.514 e. The Morgan fingerprint density at radius 1 is 1.78 bits per heavy atom. The summed E-state index contributed by atoms with van der Waals surface area (Å²) in [6.45, 7) is 0.00532. The highest BCUT2D eigenvalue weighted by Crippen LogP contribution is 2.08. The number of cyclic esters (lactones) is 2. The van der Waals surface area contributed by atoms with E-state index in [0.29, 0.717) is 5.76 Å². The number of carbonyl (C=O) groups is 1. The molecule has 1 fully saturated rings. The first-order valence-corrected chi connectivity index (χ1v) is 2.47. The number of ether oxygens (including phenoxy) is 2. The lowest BCUT2D eigenvalue weighted by Crippen LogP contribution is -1.88. The van der Waals surface area contributed by atoms with Gasteiger partial charge in [0.2, 0.25) is 0 Å². The molecule has 4 heteroatoms. The monoisotopic (exact) mass is 130 g/mol. The van der Waals surface area contributed by atoms with Crippen molar-refractivity contribution < 1.29 is 19.4 Å². The van der Waals surface area contributed by atoms with Gasteiger partial charge in [0.1, 0.15) is 5.76 Å². The standard InChI is InChI=1S/C5H6O4/c6-2-1-4-3-8-5(7)9-4/h1,6H,2-3H2. The van der Waals surface area contributed by atoms with E-state index in [9.17, 15) is 4.79 Å². The van der Waals surface area contributed by atoms with Crippen molar-refractivity contribution in [2.75, 3.05) is 13.2 Å². The van der Waals surface area contributed by atoms with Gasteiger partial charge >= 0.3 is 6.16 Å². The van der Waals surface area contributed by atoms with E-state index < -0.39 is 6.16 Å². The van der Waals surface area contributed by atoms with E-state index in [2.05, 4.69) is 9.47 Å². The van der Waals surface area contributed by atoms with Crippen LogP contribution in [0.1, 0.15) is 0 Å². The average molecular weight is 130 g/mol. The molecule has 0 aliphatic carbocycles. The van der Waals surface area contributed by atoms with Gasteiger partial charge in [-0.25, -0.2) is 4.79 Å². The molecule has 1 saturated heterocycles. The van der Waals surface area contributed by atoms with Crippen molar-refractivity contribution in [3.8, 4) is 0 Å². The molecule has 1 aliphatic rings. The number of hydrogen-bond acceptors (Lipinski definition) is 4. The molecule has 1 aliphatic heterocycles. The van der Waals surface area contributed by atoms with E-state index in [-0.39, 0.29) is 13.2 Å². The van der Waals surface area contributed by atoms with Crippen molar-refractivity contribution in [3.63, 3.8) is 0 Å². The average Bonchev–Trinajstić information content (AvgIpc) is 2.17. The van der Waals surface area contributed by atoms with E-state index in [1.54, 1.807) is 0 Å². The predicted molar refractivity (Wildman–Crippen MR) is 27.6 cm³/mol. The van der Waals surface area contributed by atoms with E-state index >= 15 is 0 Å². The minimum absolute atomic E-state index is 0.133. The van der Waals surface area contributed by atoms with Gasteiger partial charge in [0.05, 0.1) is 6.61 Å². The first-order valence-electron chi connectivity index (χ1n) is 2.47. The van der Waals surface area contributed by atoms with Crippen LogP contribution in [-0.4, -0.2) is 24.5 Å². The third kappa shape index (κ3) is 1.43. The maximum absolute atomic E-state index is 10.2. The molecular formula is C5H6O4. The molecule has 4 nitrogen and oxygen atoms in total. The van der Waals surface area contributed by atoms with Crippen LogP contribution in [-0.2, 0) is 9.47 Å². The molecule has 1 heterocycles. The Balaban J connectivity index is 2.47. The van der Waals surface area contributed by atoms with Crippen LogP contribution >= 0.6 is 0 Å². The molecule has 0 spiro atoms. The van der Waals surface area contributed by atoms with Crippen LogP contribution in [0.4, 0.5) is 4.79 Å². The smallest absolute Gasteiger partial charge is 0.426 e. The fourth-order valence-corrected chi connectivity index (χ4v) is 0.498. The minimum Gasteiger partial charge on any atom is -0.426 e. The minimum atomic E-state index is -0.699. The molecule has 0 bridgehead atoms. The van der Waals surface area contributed by atoms with Crippen LogP contribution in [0.15, 0.2) is 11.8 Å². The molecular weight excluding hydrogens is 124 g/mol. The highest BCUT2D eigenvalue weighted by molar-refractivity contribution is 5.64. The van der Waals surface area contributed by atoms with Gasteiger partial charge in [0.25, 0.3) is 0 Å². The Morgan fingerprint density at radius 2 is 2.56 bits per heavy atom. The summed E-state index contributed by atoms with van der Waals surface area (Å²) in [5.41, 5.74) is 0. The number of carbonyl (C=O) groups excluding carboxylic acids is 1. The van der Waals surface area contributed by atoms with E-state index in [1.807, 2.05) is 0 Å². The van der Waals surface area contributed by atoms with E-state index in [0.717, 1.165) is 0 Å². The summed E-state index contributed by atoms with van der Waals surface area (Å²) < 4.78 is 8.82. The lowest BCUT2D eigenvalue weighted by atomic mass is 10.5. The molecule has 1 rings (SSSR count). The summed E-state index contributed by atoms with van der Waals surface area (Å²) in [6, 6.07) is 0. The van der Waals surface area contributed by atoms with Crippen LogP contribution in [0.25, 0.3) is 0 Å². The summed E-state index contributed by atoms with van der Waals surface area (Å²) >= 11 is 0. The third-order valence-electron chi connectivity index (χ3n) is 0.866. The first-order chi connectivity index (χ1) is 4.33. The lowest BCUT2D eigenvalue weighted by Gasteiger charge is -1.86. The van der Waals surface area contributed by atoms with Gasteiger partial charge in [-0.1, -0.05) is 0 Å². The predicted octanol–water partition coefficient (Wildman–Crippen LogP) is 0.0294. The molecule has 0 radical (unpaired) electrons. The fourth-order valence-electron chi connectivity index (χ4n) is 0.498. The fraction of sp³-hybridized carbons (Fsp3) is 0.400. The van der Waals surface area contributed by atoms with Crippen LogP contribution < -0.4 is 0 Å². The van der Waals surface area contributed by atoms with Gasteiger partial charge in [-0.15, -0.1) is 0 Å². The molecule has 9 heavy (non-hydrogen) atoms. The molecule has 0 aromatic carbocycles. The van der Waals surface area contributed by atoms with Crippen molar-refractivity contribution in [1.29, 1.82) is 0 Å². The number of aliphatic hydroxyl groups excluding tert-OH is 1. The van der Waals surface area contributed by atoms with Crippen LogP contribution in [0, 0.1) is 0 Å². The van der Waals surface area contributed by atoms with Crippen molar-refractivity contribution in [3.05, 3.63) is 11.8 Å². The zero-order chi connectivity index (χ0) is 6.69. The normalized spacial score (nSPS) is 21.9. The van der Waals surface area contributed by atoms with E-state index in [1.165, 1.54) is 6.08 Å². The Kier molecular flexibility index (Phi) is 1.69. The van der Waals surface area contributed by atoms with Crippen molar-refractivity contribution in [2.45, 2.75) is 0 Å². The summed E-state index contributed by atoms with van der Waals surface area (Å²) in [6.07, 6.45) is 0.681. The summed E-state index contributed by atoms with van der Waals surface area (Å²) in [7, 11) is 0. The summed E-state index contributed by atoms with van der Waals surface area (Å²) in [5, 5.41) is 8.29. The van der Waals surface area contributed by atoms with Gasteiger partial charge < -0.3 is 14.6 Å². The topological polar surface area (TPSA) is 55.8 Å². The molecule has 0 atom stereocenters. The van der Waals surface area contributed by atoms with Crippen molar-refractivity contribution in [1.82, 2.24) is 0 Å². The number of rotatable bonds is 1. The first kappa shape index (κ1) is 6.10. The summed E-state index contributed by atoms with van der Waals surface area (Å²) in [4.78, 5) is 10.2. The van der Waals surface area contributed by atoms with E-state index in [4.69, 9.17) is 5.11 Å². The van der Waals surface area contributed by atoms with Gasteiger partial charge in [0, 0.05) is 0 Å². The SMILES string of the molecule is O=C1OCC(=CCO)O1. The molecule has 0 saturated carbocycles. The van der Waals surface area contributed by atoms with Gasteiger partial charge in [-0.05, 0) is 6.08 Å². The second-order valence-electron chi connectivity index (χ2n) is 1.49. The van der Waals surface area contributed by atoms with Gasteiger partial charge in [0.15, 0.2) is 6.61 Å². The zero-order valence-corrected chi connectivity index (χ0v) is 4.66. The molecule has 1 N–H and O–H groups in total. The molecule has 0 unspecified atom stereocenters. The molecule has 0 aromatic rings. The van der Waals surface area contributed by atoms with Crippen molar-refractivity contribution >= 4 is 6.16 Å². The zero-order valence-electron chi connectivity index (χ0n) is 4.66. The van der Waals surface area contributed by atoms with Gasteiger partial charge in [-0.2, -0.15) is 0 Å². The maximum atomic E-state index is 10.2. The summed E-state index contributed by atoms with van der Waals surface area (Å²) in [5.74, 6) is 0.377. The second-order valence-corrected chi connectivity index (χ2v) is 1.49. The Hall–Kier alpha value is -1.03. The third-order valence-corrected chi connectivity index (χ3v) is 0.866. The Morgan fingerprint density at radius 3 is 3.00 bits per heavy atom. The largest absolute Gasteiger partial charge is 0.514 e. The van der Waals surface area contributed by atoms with Crippen LogP contribution in [0.2, 0.25) is 0 Å².